The van der Waals surface area contributed by atoms with Gasteiger partial charge in [-0.05, 0) is 30.9 Å². The second-order valence-electron chi connectivity index (χ2n) is 6.07. The summed E-state index contributed by atoms with van der Waals surface area (Å²) in [6.07, 6.45) is 2.09. The molecule has 0 bridgehead atoms. The van der Waals surface area contributed by atoms with E-state index in [2.05, 4.69) is 16.0 Å². The highest BCUT2D eigenvalue weighted by molar-refractivity contribution is 5.93. The molecule has 0 saturated carbocycles. The third-order valence-corrected chi connectivity index (χ3v) is 3.80. The number of benzene rings is 1. The summed E-state index contributed by atoms with van der Waals surface area (Å²) in [5.41, 5.74) is 0.687. The fourth-order valence-electron chi connectivity index (χ4n) is 2.49. The number of nitrogens with one attached hydrogen (secondary N) is 3. The minimum Gasteiger partial charge on any atom is -0.376 e. The zero-order valence-corrected chi connectivity index (χ0v) is 13.7. The predicted molar refractivity (Wildman–Crippen MR) is 89.2 cm³/mol. The van der Waals surface area contributed by atoms with Crippen molar-refractivity contribution in [1.82, 2.24) is 10.6 Å². The van der Waals surface area contributed by atoms with Crippen LogP contribution < -0.4 is 16.0 Å². The van der Waals surface area contributed by atoms with Gasteiger partial charge in [-0.3, -0.25) is 4.79 Å². The Morgan fingerprint density at radius 1 is 1.26 bits per heavy atom. The first-order valence-electron chi connectivity index (χ1n) is 8.08. The van der Waals surface area contributed by atoms with Crippen LogP contribution in [0.5, 0.6) is 0 Å². The first kappa shape index (κ1) is 17.3. The zero-order chi connectivity index (χ0) is 16.7. The largest absolute Gasteiger partial charge is 0.376 e. The van der Waals surface area contributed by atoms with E-state index in [0.717, 1.165) is 19.4 Å². The first-order valence-corrected chi connectivity index (χ1v) is 8.08. The van der Waals surface area contributed by atoms with Gasteiger partial charge in [0.25, 0.3) is 0 Å². The minimum absolute atomic E-state index is 0.0129. The van der Waals surface area contributed by atoms with Gasteiger partial charge >= 0.3 is 6.03 Å². The SMILES string of the molecule is CC(C)C(NC(=O)Nc1ccccc1)C(=O)NCC1CCCO1. The third-order valence-electron chi connectivity index (χ3n) is 3.80. The lowest BCUT2D eigenvalue weighted by atomic mass is 10.0. The number of para-hydroxylation sites is 1. The van der Waals surface area contributed by atoms with E-state index < -0.39 is 6.04 Å². The molecule has 2 atom stereocenters. The van der Waals surface area contributed by atoms with Crippen molar-refractivity contribution >= 4 is 17.6 Å². The van der Waals surface area contributed by atoms with E-state index in [9.17, 15) is 9.59 Å². The van der Waals surface area contributed by atoms with Gasteiger partial charge in [0, 0.05) is 18.8 Å². The van der Waals surface area contributed by atoms with Gasteiger partial charge in [-0.2, -0.15) is 0 Å². The topological polar surface area (TPSA) is 79.5 Å². The number of hydrogen-bond donors (Lipinski definition) is 3. The molecule has 1 heterocycles. The number of carbonyl (C=O) groups excluding carboxylic acids is 2. The van der Waals surface area contributed by atoms with Crippen LogP contribution in [0.1, 0.15) is 26.7 Å². The summed E-state index contributed by atoms with van der Waals surface area (Å²) in [6, 6.07) is 8.16. The average Bonchev–Trinajstić information content (AvgIpc) is 3.04. The van der Waals surface area contributed by atoms with E-state index in [1.54, 1.807) is 12.1 Å². The van der Waals surface area contributed by atoms with Crippen LogP contribution >= 0.6 is 0 Å². The van der Waals surface area contributed by atoms with Crippen molar-refractivity contribution in [2.45, 2.75) is 38.8 Å². The van der Waals surface area contributed by atoms with E-state index in [4.69, 9.17) is 4.74 Å². The quantitative estimate of drug-likeness (QED) is 0.751. The van der Waals surface area contributed by atoms with Crippen molar-refractivity contribution in [3.8, 4) is 0 Å². The number of carbonyl (C=O) groups is 2. The molecule has 0 aromatic heterocycles. The summed E-state index contributed by atoms with van der Waals surface area (Å²) in [6.45, 7) is 5.05. The van der Waals surface area contributed by atoms with Crippen LogP contribution in [-0.4, -0.2) is 37.2 Å². The fourth-order valence-corrected chi connectivity index (χ4v) is 2.49. The van der Waals surface area contributed by atoms with Crippen LogP contribution in [0.4, 0.5) is 10.5 Å². The number of urea groups is 1. The van der Waals surface area contributed by atoms with E-state index >= 15 is 0 Å². The molecule has 0 aliphatic carbocycles. The lowest BCUT2D eigenvalue weighted by molar-refractivity contribution is -0.124. The molecule has 2 unspecified atom stereocenters. The lowest BCUT2D eigenvalue weighted by Crippen LogP contribution is -2.52. The maximum Gasteiger partial charge on any atom is 0.319 e. The molecule has 0 spiro atoms. The molecule has 1 aliphatic heterocycles. The van der Waals surface area contributed by atoms with E-state index in [1.807, 2.05) is 32.0 Å². The van der Waals surface area contributed by atoms with Crippen LogP contribution in [0.3, 0.4) is 0 Å². The molecule has 1 aliphatic rings. The molecule has 126 valence electrons. The molecule has 23 heavy (non-hydrogen) atoms. The Hall–Kier alpha value is -2.08. The highest BCUT2D eigenvalue weighted by Crippen LogP contribution is 2.11. The highest BCUT2D eigenvalue weighted by atomic mass is 16.5. The van der Waals surface area contributed by atoms with Gasteiger partial charge < -0.3 is 20.7 Å². The van der Waals surface area contributed by atoms with Crippen molar-refractivity contribution in [3.63, 3.8) is 0 Å². The third kappa shape index (κ3) is 5.56. The maximum atomic E-state index is 12.3. The van der Waals surface area contributed by atoms with Gasteiger partial charge in [0.1, 0.15) is 6.04 Å². The monoisotopic (exact) mass is 319 g/mol. The second-order valence-corrected chi connectivity index (χ2v) is 6.07. The van der Waals surface area contributed by atoms with Gasteiger partial charge in [-0.25, -0.2) is 4.79 Å². The maximum absolute atomic E-state index is 12.3. The smallest absolute Gasteiger partial charge is 0.319 e. The molecule has 3 N–H and O–H groups in total. The summed E-state index contributed by atoms with van der Waals surface area (Å²) in [7, 11) is 0. The molecule has 2 rings (SSSR count). The van der Waals surface area contributed by atoms with Crippen LogP contribution in [0.15, 0.2) is 30.3 Å². The minimum atomic E-state index is -0.583. The van der Waals surface area contributed by atoms with Crippen molar-refractivity contribution in [2.24, 2.45) is 5.92 Å². The average molecular weight is 319 g/mol. The Labute approximate surface area is 137 Å². The number of ether oxygens (including phenoxy) is 1. The normalized spacial score (nSPS) is 18.5. The van der Waals surface area contributed by atoms with Crippen molar-refractivity contribution in [1.29, 1.82) is 0 Å². The first-order chi connectivity index (χ1) is 11.1. The predicted octanol–water partition coefficient (Wildman–Crippen LogP) is 2.13. The van der Waals surface area contributed by atoms with Gasteiger partial charge in [0.15, 0.2) is 0 Å². The summed E-state index contributed by atoms with van der Waals surface area (Å²) < 4.78 is 5.49. The molecule has 6 nitrogen and oxygen atoms in total. The molecule has 1 aromatic carbocycles. The molecule has 1 saturated heterocycles. The number of hydrogen-bond acceptors (Lipinski definition) is 3. The van der Waals surface area contributed by atoms with Gasteiger partial charge in [-0.15, -0.1) is 0 Å². The van der Waals surface area contributed by atoms with Crippen LogP contribution in [-0.2, 0) is 9.53 Å². The summed E-state index contributed by atoms with van der Waals surface area (Å²) in [5.74, 6) is -0.195. The summed E-state index contributed by atoms with van der Waals surface area (Å²) in [4.78, 5) is 24.4. The molecule has 1 fully saturated rings. The van der Waals surface area contributed by atoms with Gasteiger partial charge in [0.2, 0.25) is 5.91 Å². The van der Waals surface area contributed by atoms with Gasteiger partial charge in [-0.1, -0.05) is 32.0 Å². The van der Waals surface area contributed by atoms with Crippen LogP contribution in [0.25, 0.3) is 0 Å². The molecule has 3 amide bonds. The summed E-state index contributed by atoms with van der Waals surface area (Å²) >= 11 is 0. The Morgan fingerprint density at radius 2 is 2.00 bits per heavy atom. The van der Waals surface area contributed by atoms with Crippen LogP contribution in [0, 0.1) is 5.92 Å². The van der Waals surface area contributed by atoms with Gasteiger partial charge in [0.05, 0.1) is 6.10 Å². The van der Waals surface area contributed by atoms with Crippen molar-refractivity contribution in [2.75, 3.05) is 18.5 Å². The van der Waals surface area contributed by atoms with Crippen LogP contribution in [0.2, 0.25) is 0 Å². The Kier molecular flexibility index (Phi) is 6.40. The van der Waals surface area contributed by atoms with E-state index in [-0.39, 0.29) is 24.0 Å². The number of anilines is 1. The van der Waals surface area contributed by atoms with E-state index in [1.165, 1.54) is 0 Å². The second kappa shape index (κ2) is 8.53. The Morgan fingerprint density at radius 3 is 2.61 bits per heavy atom. The van der Waals surface area contributed by atoms with Crippen molar-refractivity contribution < 1.29 is 14.3 Å². The lowest BCUT2D eigenvalue weighted by Gasteiger charge is -2.22. The number of rotatable bonds is 6. The Balaban J connectivity index is 1.84. The Bertz CT molecular complexity index is 513. The molecule has 6 heteroatoms. The molecule has 1 aromatic rings. The van der Waals surface area contributed by atoms with Crippen molar-refractivity contribution in [3.05, 3.63) is 30.3 Å². The standard InChI is InChI=1S/C17H25N3O3/c1-12(2)15(16(21)18-11-14-9-6-10-23-14)20-17(22)19-13-7-4-3-5-8-13/h3-5,7-8,12,14-15H,6,9-11H2,1-2H3,(H,18,21)(H2,19,20,22). The number of amides is 3. The highest BCUT2D eigenvalue weighted by Gasteiger charge is 2.25. The zero-order valence-electron chi connectivity index (χ0n) is 13.7. The summed E-state index contributed by atoms with van der Waals surface area (Å²) in [5, 5.41) is 8.33. The fraction of sp³-hybridized carbons (Fsp3) is 0.529. The molecular weight excluding hydrogens is 294 g/mol. The molecule has 0 radical (unpaired) electrons. The van der Waals surface area contributed by atoms with E-state index in [0.29, 0.717) is 12.2 Å². The molecular formula is C17H25N3O3.